The number of nitrogens with one attached hydrogen (secondary N) is 1. The lowest BCUT2D eigenvalue weighted by Gasteiger charge is -2.13. The van der Waals surface area contributed by atoms with Gasteiger partial charge in [-0.3, -0.25) is 10.1 Å². The molecule has 1 aromatic heterocycles. The standard InChI is InChI=1S/C14H14N2O3S/c1-8-5-10-12(6-9(8)2)20-14(15-10)16-13(17)11-7-18-3-4-19-11/h5-7H,3-4H2,1-2H3,(H,15,16,17). The smallest absolute Gasteiger partial charge is 0.295 e. The van der Waals surface area contributed by atoms with Crippen molar-refractivity contribution in [1.82, 2.24) is 4.98 Å². The summed E-state index contributed by atoms with van der Waals surface area (Å²) in [6, 6.07) is 4.10. The van der Waals surface area contributed by atoms with Crippen LogP contribution in [0.25, 0.3) is 10.2 Å². The number of benzene rings is 1. The van der Waals surface area contributed by atoms with Crippen molar-refractivity contribution in [2.24, 2.45) is 0 Å². The molecule has 20 heavy (non-hydrogen) atoms. The number of hydrogen-bond acceptors (Lipinski definition) is 5. The molecule has 0 unspecified atom stereocenters. The van der Waals surface area contributed by atoms with Crippen molar-refractivity contribution < 1.29 is 14.3 Å². The summed E-state index contributed by atoms with van der Waals surface area (Å²) in [5.74, 6) is -0.153. The van der Waals surface area contributed by atoms with Crippen LogP contribution < -0.4 is 5.32 Å². The van der Waals surface area contributed by atoms with Crippen LogP contribution in [0, 0.1) is 13.8 Å². The lowest BCUT2D eigenvalue weighted by molar-refractivity contribution is -0.117. The molecule has 3 rings (SSSR count). The molecule has 2 aromatic rings. The monoisotopic (exact) mass is 290 g/mol. The van der Waals surface area contributed by atoms with Crippen molar-refractivity contribution in [3.63, 3.8) is 0 Å². The van der Waals surface area contributed by atoms with Crippen LogP contribution in [-0.2, 0) is 14.3 Å². The van der Waals surface area contributed by atoms with Crippen molar-refractivity contribution in [2.45, 2.75) is 13.8 Å². The summed E-state index contributed by atoms with van der Waals surface area (Å²) in [6.07, 6.45) is 1.33. The molecule has 1 aliphatic rings. The Hall–Kier alpha value is -2.08. The van der Waals surface area contributed by atoms with Gasteiger partial charge in [-0.1, -0.05) is 11.3 Å². The SMILES string of the molecule is Cc1cc2nc(NC(=O)C3=COCCO3)sc2cc1C. The van der Waals surface area contributed by atoms with E-state index in [9.17, 15) is 4.79 Å². The summed E-state index contributed by atoms with van der Waals surface area (Å²) in [5, 5.41) is 3.30. The van der Waals surface area contributed by atoms with Gasteiger partial charge in [-0.15, -0.1) is 0 Å². The van der Waals surface area contributed by atoms with E-state index in [4.69, 9.17) is 9.47 Å². The average molecular weight is 290 g/mol. The van der Waals surface area contributed by atoms with Crippen LogP contribution in [0.4, 0.5) is 5.13 Å². The van der Waals surface area contributed by atoms with Crippen molar-refractivity contribution in [3.05, 3.63) is 35.3 Å². The van der Waals surface area contributed by atoms with Gasteiger partial charge in [0.05, 0.1) is 10.2 Å². The molecule has 1 aromatic carbocycles. The van der Waals surface area contributed by atoms with E-state index in [2.05, 4.69) is 23.3 Å². The van der Waals surface area contributed by atoms with Gasteiger partial charge in [-0.2, -0.15) is 0 Å². The maximum atomic E-state index is 12.0. The van der Waals surface area contributed by atoms with Gasteiger partial charge in [0.2, 0.25) is 5.76 Å². The van der Waals surface area contributed by atoms with Gasteiger partial charge in [0.1, 0.15) is 19.5 Å². The minimum Gasteiger partial charge on any atom is -0.494 e. The van der Waals surface area contributed by atoms with Crippen molar-refractivity contribution in [1.29, 1.82) is 0 Å². The quantitative estimate of drug-likeness (QED) is 0.924. The third-order valence-electron chi connectivity index (χ3n) is 3.10. The lowest BCUT2D eigenvalue weighted by Crippen LogP contribution is -2.20. The molecular weight excluding hydrogens is 276 g/mol. The highest BCUT2D eigenvalue weighted by Gasteiger charge is 2.17. The average Bonchev–Trinajstić information content (AvgIpc) is 2.81. The number of carbonyl (C=O) groups is 1. The zero-order valence-electron chi connectivity index (χ0n) is 11.2. The number of aryl methyl sites for hydroxylation is 2. The van der Waals surface area contributed by atoms with E-state index >= 15 is 0 Å². The van der Waals surface area contributed by atoms with Crippen molar-refractivity contribution in [2.75, 3.05) is 18.5 Å². The van der Waals surface area contributed by atoms with Crippen LogP contribution in [0.1, 0.15) is 11.1 Å². The molecule has 0 saturated heterocycles. The van der Waals surface area contributed by atoms with Crippen LogP contribution >= 0.6 is 11.3 Å². The molecule has 104 valence electrons. The third-order valence-corrected chi connectivity index (χ3v) is 4.03. The van der Waals surface area contributed by atoms with E-state index in [1.54, 1.807) is 0 Å². The molecule has 0 spiro atoms. The molecule has 1 amide bonds. The summed E-state index contributed by atoms with van der Waals surface area (Å²) in [5.41, 5.74) is 3.29. The van der Waals surface area contributed by atoms with E-state index in [-0.39, 0.29) is 11.7 Å². The topological polar surface area (TPSA) is 60.5 Å². The number of hydrogen-bond donors (Lipinski definition) is 1. The first-order valence-electron chi connectivity index (χ1n) is 6.27. The Morgan fingerprint density at radius 1 is 1.30 bits per heavy atom. The third kappa shape index (κ3) is 2.46. The van der Waals surface area contributed by atoms with E-state index in [1.807, 2.05) is 13.0 Å². The van der Waals surface area contributed by atoms with Crippen molar-refractivity contribution >= 4 is 32.6 Å². The number of nitrogens with zero attached hydrogens (tertiary/aromatic N) is 1. The van der Waals surface area contributed by atoms with Gasteiger partial charge < -0.3 is 9.47 Å². The summed E-state index contributed by atoms with van der Waals surface area (Å²) in [7, 11) is 0. The molecule has 6 heteroatoms. The van der Waals surface area contributed by atoms with E-state index < -0.39 is 0 Å². The van der Waals surface area contributed by atoms with E-state index in [0.717, 1.165) is 10.2 Å². The van der Waals surface area contributed by atoms with E-state index in [1.165, 1.54) is 28.7 Å². The molecule has 0 radical (unpaired) electrons. The summed E-state index contributed by atoms with van der Waals surface area (Å²) < 4.78 is 11.3. The molecule has 0 atom stereocenters. The Balaban J connectivity index is 1.84. The fourth-order valence-corrected chi connectivity index (χ4v) is 2.82. The fourth-order valence-electron chi connectivity index (χ4n) is 1.88. The first kappa shape index (κ1) is 12.9. The molecule has 0 bridgehead atoms. The highest BCUT2D eigenvalue weighted by molar-refractivity contribution is 7.22. The Kier molecular flexibility index (Phi) is 3.31. The second-order valence-electron chi connectivity index (χ2n) is 4.58. The highest BCUT2D eigenvalue weighted by Crippen LogP contribution is 2.28. The molecule has 1 N–H and O–H groups in total. The first-order chi connectivity index (χ1) is 9.63. The second kappa shape index (κ2) is 5.13. The predicted molar refractivity (Wildman–Crippen MR) is 77.7 cm³/mol. The van der Waals surface area contributed by atoms with Crippen LogP contribution in [0.3, 0.4) is 0 Å². The minimum absolute atomic E-state index is 0.183. The number of rotatable bonds is 2. The van der Waals surface area contributed by atoms with Crippen LogP contribution in [0.15, 0.2) is 24.2 Å². The molecule has 5 nitrogen and oxygen atoms in total. The Morgan fingerprint density at radius 3 is 2.85 bits per heavy atom. The number of amides is 1. The molecule has 0 fully saturated rings. The van der Waals surface area contributed by atoms with Crippen LogP contribution in [0.5, 0.6) is 0 Å². The maximum absolute atomic E-state index is 12.0. The predicted octanol–water partition coefficient (Wildman–Crippen LogP) is 2.74. The van der Waals surface area contributed by atoms with Gasteiger partial charge in [0, 0.05) is 0 Å². The van der Waals surface area contributed by atoms with Gasteiger partial charge in [-0.25, -0.2) is 4.98 Å². The van der Waals surface area contributed by atoms with Crippen LogP contribution in [-0.4, -0.2) is 24.1 Å². The Morgan fingerprint density at radius 2 is 2.10 bits per heavy atom. The number of aromatic nitrogens is 1. The summed E-state index contributed by atoms with van der Waals surface area (Å²) >= 11 is 1.45. The number of carbonyl (C=O) groups excluding carboxylic acids is 1. The maximum Gasteiger partial charge on any atom is 0.295 e. The highest BCUT2D eigenvalue weighted by atomic mass is 32.1. The number of ether oxygens (including phenoxy) is 2. The van der Waals surface area contributed by atoms with Gasteiger partial charge in [0.15, 0.2) is 5.13 Å². The summed E-state index contributed by atoms with van der Waals surface area (Å²) in [6.45, 7) is 4.96. The Bertz CT molecular complexity index is 667. The van der Waals surface area contributed by atoms with E-state index in [0.29, 0.717) is 18.3 Å². The largest absolute Gasteiger partial charge is 0.494 e. The summed E-state index contributed by atoms with van der Waals surface area (Å²) in [4.78, 5) is 16.4. The molecular formula is C14H14N2O3S. The number of thiazole rings is 1. The fraction of sp³-hybridized carbons (Fsp3) is 0.286. The Labute approximate surface area is 120 Å². The van der Waals surface area contributed by atoms with Gasteiger partial charge in [0.25, 0.3) is 5.91 Å². The minimum atomic E-state index is -0.336. The zero-order chi connectivity index (χ0) is 14.1. The number of fused-ring (bicyclic) bond motifs is 1. The molecule has 2 heterocycles. The second-order valence-corrected chi connectivity index (χ2v) is 5.61. The molecule has 1 aliphatic heterocycles. The first-order valence-corrected chi connectivity index (χ1v) is 7.09. The number of anilines is 1. The van der Waals surface area contributed by atoms with Crippen molar-refractivity contribution in [3.8, 4) is 0 Å². The van der Waals surface area contributed by atoms with Gasteiger partial charge >= 0.3 is 0 Å². The lowest BCUT2D eigenvalue weighted by atomic mass is 10.1. The van der Waals surface area contributed by atoms with Gasteiger partial charge in [-0.05, 0) is 37.1 Å². The van der Waals surface area contributed by atoms with Crippen LogP contribution in [0.2, 0.25) is 0 Å². The molecule has 0 aliphatic carbocycles. The zero-order valence-corrected chi connectivity index (χ0v) is 12.0. The normalized spacial score (nSPS) is 14.4. The molecule has 0 saturated carbocycles.